The molecule has 1 fully saturated rings. The molecule has 0 saturated carbocycles. The molecular weight excluding hydrogens is 404 g/mol. The van der Waals surface area contributed by atoms with Gasteiger partial charge in [-0.3, -0.25) is 4.79 Å². The van der Waals surface area contributed by atoms with Crippen molar-refractivity contribution in [3.05, 3.63) is 59.7 Å². The van der Waals surface area contributed by atoms with Gasteiger partial charge in [0, 0.05) is 25.3 Å². The minimum absolute atomic E-state index is 0.0411. The first-order chi connectivity index (χ1) is 14.9. The number of amides is 1. The summed E-state index contributed by atoms with van der Waals surface area (Å²) in [4.78, 5) is 14.5. The molecule has 7 heteroatoms. The Labute approximate surface area is 181 Å². The molecule has 0 aromatic heterocycles. The SMILES string of the molecule is COc1ccc(CO[C@H](CC(F)F)[C@@H]2CC(=O)N([C@H](C)c3ccc(OC)cc3)C2)cc1. The second-order valence-corrected chi connectivity index (χ2v) is 7.78. The van der Waals surface area contributed by atoms with Gasteiger partial charge in [0.2, 0.25) is 12.3 Å². The number of carbonyl (C=O) groups excluding carboxylic acids is 1. The summed E-state index contributed by atoms with van der Waals surface area (Å²) in [5, 5.41) is 0. The number of halogens is 2. The van der Waals surface area contributed by atoms with E-state index in [2.05, 4.69) is 0 Å². The normalized spacial score (nSPS) is 18.3. The number of carbonyl (C=O) groups is 1. The molecule has 1 heterocycles. The summed E-state index contributed by atoms with van der Waals surface area (Å²) < 4.78 is 42.7. The molecule has 0 N–H and O–H groups in total. The monoisotopic (exact) mass is 433 g/mol. The smallest absolute Gasteiger partial charge is 0.241 e. The summed E-state index contributed by atoms with van der Waals surface area (Å²) in [6.45, 7) is 2.55. The molecule has 1 amide bonds. The number of nitrogens with zero attached hydrogens (tertiary/aromatic N) is 1. The van der Waals surface area contributed by atoms with Crippen LogP contribution < -0.4 is 9.47 Å². The Kier molecular flexibility index (Phi) is 7.85. The molecule has 0 aliphatic carbocycles. The van der Waals surface area contributed by atoms with Crippen LogP contribution in [0.25, 0.3) is 0 Å². The minimum atomic E-state index is -2.50. The highest BCUT2D eigenvalue weighted by Gasteiger charge is 2.38. The molecular formula is C24H29F2NO4. The van der Waals surface area contributed by atoms with Gasteiger partial charge < -0.3 is 19.1 Å². The van der Waals surface area contributed by atoms with Crippen molar-refractivity contribution in [2.75, 3.05) is 20.8 Å². The summed E-state index contributed by atoms with van der Waals surface area (Å²) >= 11 is 0. The summed E-state index contributed by atoms with van der Waals surface area (Å²) in [7, 11) is 3.18. The lowest BCUT2D eigenvalue weighted by Gasteiger charge is -2.27. The molecule has 1 aliphatic heterocycles. The zero-order valence-corrected chi connectivity index (χ0v) is 18.1. The lowest BCUT2D eigenvalue weighted by Crippen LogP contribution is -2.32. The van der Waals surface area contributed by atoms with Crippen LogP contribution in [-0.2, 0) is 16.1 Å². The van der Waals surface area contributed by atoms with E-state index in [4.69, 9.17) is 14.2 Å². The van der Waals surface area contributed by atoms with Crippen LogP contribution in [0, 0.1) is 5.92 Å². The molecule has 31 heavy (non-hydrogen) atoms. The van der Waals surface area contributed by atoms with Gasteiger partial charge in [-0.25, -0.2) is 8.78 Å². The van der Waals surface area contributed by atoms with Gasteiger partial charge in [-0.1, -0.05) is 24.3 Å². The second kappa shape index (κ2) is 10.6. The average molecular weight is 433 g/mol. The highest BCUT2D eigenvalue weighted by Crippen LogP contribution is 2.33. The lowest BCUT2D eigenvalue weighted by molar-refractivity contribution is -0.129. The van der Waals surface area contributed by atoms with Crippen molar-refractivity contribution in [3.63, 3.8) is 0 Å². The third-order valence-corrected chi connectivity index (χ3v) is 5.81. The summed E-state index contributed by atoms with van der Waals surface area (Å²) in [6.07, 6.45) is -3.37. The molecule has 168 valence electrons. The van der Waals surface area contributed by atoms with Crippen LogP contribution in [0.3, 0.4) is 0 Å². The molecule has 0 bridgehead atoms. The van der Waals surface area contributed by atoms with Gasteiger partial charge in [0.25, 0.3) is 0 Å². The quantitative estimate of drug-likeness (QED) is 0.537. The standard InChI is InChI=1S/C24H29F2NO4/c1-16(18-6-10-21(30-3)11-7-18)27-14-19(12-24(27)28)22(13-23(25)26)31-15-17-4-8-20(29-2)9-5-17/h4-11,16,19,22-23H,12-15H2,1-3H3/t16-,19-,22-/m1/s1. The van der Waals surface area contributed by atoms with Crippen molar-refractivity contribution in [1.29, 1.82) is 0 Å². The molecule has 0 radical (unpaired) electrons. The van der Waals surface area contributed by atoms with Gasteiger partial charge in [-0.05, 0) is 42.3 Å². The van der Waals surface area contributed by atoms with E-state index in [-0.39, 0.29) is 30.9 Å². The number of alkyl halides is 2. The Morgan fingerprint density at radius 2 is 1.58 bits per heavy atom. The van der Waals surface area contributed by atoms with Crippen LogP contribution in [0.1, 0.15) is 36.9 Å². The van der Waals surface area contributed by atoms with Crippen LogP contribution in [0.4, 0.5) is 8.78 Å². The molecule has 5 nitrogen and oxygen atoms in total. The van der Waals surface area contributed by atoms with Crippen molar-refractivity contribution < 1.29 is 27.8 Å². The van der Waals surface area contributed by atoms with Gasteiger partial charge >= 0.3 is 0 Å². The average Bonchev–Trinajstić information content (AvgIpc) is 3.17. The number of methoxy groups -OCH3 is 2. The first kappa shape index (κ1) is 23.0. The van der Waals surface area contributed by atoms with Crippen LogP contribution in [0.2, 0.25) is 0 Å². The Hall–Kier alpha value is -2.67. The van der Waals surface area contributed by atoms with Crippen LogP contribution in [0.5, 0.6) is 11.5 Å². The largest absolute Gasteiger partial charge is 0.497 e. The topological polar surface area (TPSA) is 48.0 Å². The van der Waals surface area contributed by atoms with Gasteiger partial charge in [0.1, 0.15) is 11.5 Å². The summed E-state index contributed by atoms with van der Waals surface area (Å²) in [6, 6.07) is 14.7. The number of hydrogen-bond donors (Lipinski definition) is 0. The van der Waals surface area contributed by atoms with Crippen LogP contribution in [0.15, 0.2) is 48.5 Å². The number of likely N-dealkylation sites (tertiary alicyclic amines) is 1. The zero-order chi connectivity index (χ0) is 22.4. The number of rotatable bonds is 10. The van der Waals surface area contributed by atoms with Crippen molar-refractivity contribution in [1.82, 2.24) is 4.90 Å². The van der Waals surface area contributed by atoms with E-state index in [9.17, 15) is 13.6 Å². The van der Waals surface area contributed by atoms with Crippen LogP contribution >= 0.6 is 0 Å². The Morgan fingerprint density at radius 1 is 1.00 bits per heavy atom. The Morgan fingerprint density at radius 3 is 2.13 bits per heavy atom. The zero-order valence-electron chi connectivity index (χ0n) is 18.1. The maximum Gasteiger partial charge on any atom is 0.241 e. The number of ether oxygens (including phenoxy) is 3. The maximum absolute atomic E-state index is 13.2. The molecule has 0 unspecified atom stereocenters. The third kappa shape index (κ3) is 5.94. The Bertz CT molecular complexity index is 842. The molecule has 2 aromatic carbocycles. The number of benzene rings is 2. The van der Waals surface area contributed by atoms with Crippen molar-refractivity contribution >= 4 is 5.91 Å². The predicted octanol–water partition coefficient (Wildman–Crippen LogP) is 4.85. The molecule has 1 saturated heterocycles. The lowest BCUT2D eigenvalue weighted by atomic mass is 9.98. The van der Waals surface area contributed by atoms with Gasteiger partial charge in [0.15, 0.2) is 0 Å². The highest BCUT2D eigenvalue weighted by atomic mass is 19.3. The van der Waals surface area contributed by atoms with E-state index in [0.29, 0.717) is 6.54 Å². The fourth-order valence-electron chi connectivity index (χ4n) is 3.94. The van der Waals surface area contributed by atoms with Gasteiger partial charge in [-0.15, -0.1) is 0 Å². The summed E-state index contributed by atoms with van der Waals surface area (Å²) in [5.41, 5.74) is 1.84. The summed E-state index contributed by atoms with van der Waals surface area (Å²) in [5.74, 6) is 1.14. The fourth-order valence-corrected chi connectivity index (χ4v) is 3.94. The van der Waals surface area contributed by atoms with Crippen molar-refractivity contribution in [2.45, 2.75) is 44.9 Å². The molecule has 0 spiro atoms. The van der Waals surface area contributed by atoms with Gasteiger partial charge in [0.05, 0.1) is 33.0 Å². The molecule has 2 aromatic rings. The number of hydrogen-bond acceptors (Lipinski definition) is 4. The van der Waals surface area contributed by atoms with E-state index in [1.165, 1.54) is 0 Å². The highest BCUT2D eigenvalue weighted by molar-refractivity contribution is 5.79. The molecule has 3 atom stereocenters. The van der Waals surface area contributed by atoms with E-state index in [1.54, 1.807) is 31.3 Å². The predicted molar refractivity (Wildman–Crippen MR) is 113 cm³/mol. The van der Waals surface area contributed by atoms with E-state index < -0.39 is 19.0 Å². The van der Waals surface area contributed by atoms with Crippen molar-refractivity contribution in [3.8, 4) is 11.5 Å². The van der Waals surface area contributed by atoms with E-state index >= 15 is 0 Å². The van der Waals surface area contributed by atoms with Crippen molar-refractivity contribution in [2.24, 2.45) is 5.92 Å². The maximum atomic E-state index is 13.2. The van der Waals surface area contributed by atoms with Crippen LogP contribution in [-0.4, -0.2) is 44.1 Å². The van der Waals surface area contributed by atoms with E-state index in [1.807, 2.05) is 43.3 Å². The van der Waals surface area contributed by atoms with Gasteiger partial charge in [-0.2, -0.15) is 0 Å². The Balaban J connectivity index is 1.66. The third-order valence-electron chi connectivity index (χ3n) is 5.81. The molecule has 3 rings (SSSR count). The fraction of sp³-hybridized carbons (Fsp3) is 0.458. The first-order valence-corrected chi connectivity index (χ1v) is 10.4. The second-order valence-electron chi connectivity index (χ2n) is 7.78. The first-order valence-electron chi connectivity index (χ1n) is 10.4. The molecule has 1 aliphatic rings. The van der Waals surface area contributed by atoms with E-state index in [0.717, 1.165) is 22.6 Å². The minimum Gasteiger partial charge on any atom is -0.497 e.